The number of hydrogen-bond acceptors (Lipinski definition) is 3. The van der Waals surface area contributed by atoms with Crippen LogP contribution in [0.15, 0.2) is 200 Å². The lowest BCUT2D eigenvalue weighted by Gasteiger charge is -2.20. The Kier molecular flexibility index (Phi) is 8.15. The fraction of sp³-hybridized carbons (Fsp3) is 0.0517. The highest BCUT2D eigenvalue weighted by Gasteiger charge is 2.27. The molecule has 6 nitrogen and oxygen atoms in total. The molecule has 1 unspecified atom stereocenters. The molecule has 1 aliphatic rings. The van der Waals surface area contributed by atoms with E-state index in [2.05, 4.69) is 191 Å². The van der Waals surface area contributed by atoms with Gasteiger partial charge in [0.15, 0.2) is 17.5 Å². The number of fused-ring (bicyclic) bond motifs is 10. The Morgan fingerprint density at radius 1 is 0.391 bits per heavy atom. The maximum absolute atomic E-state index is 5.31. The smallest absolute Gasteiger partial charge is 0.164 e. The van der Waals surface area contributed by atoms with Crippen molar-refractivity contribution in [2.45, 2.75) is 13.3 Å². The highest BCUT2D eigenvalue weighted by Crippen LogP contribution is 2.44. The molecule has 0 saturated heterocycles. The van der Waals surface area contributed by atoms with E-state index in [0.717, 1.165) is 51.2 Å². The van der Waals surface area contributed by atoms with Crippen molar-refractivity contribution in [3.63, 3.8) is 0 Å². The first-order valence-corrected chi connectivity index (χ1v) is 22.0. The molecule has 12 aromatic rings. The molecule has 13 rings (SSSR count). The van der Waals surface area contributed by atoms with Crippen LogP contribution in [-0.4, -0.2) is 28.7 Å². The summed E-state index contributed by atoms with van der Waals surface area (Å²) in [5.74, 6) is 2.23. The normalized spacial score (nSPS) is 13.7. The van der Waals surface area contributed by atoms with Gasteiger partial charge in [-0.25, -0.2) is 15.0 Å². The molecule has 1 atom stereocenters. The fourth-order valence-corrected chi connectivity index (χ4v) is 10.2. The quantitative estimate of drug-likeness (QED) is 0.168. The minimum atomic E-state index is 0.358. The Hall–Kier alpha value is -8.35. The molecule has 0 radical (unpaired) electrons. The van der Waals surface area contributed by atoms with E-state index in [1.165, 1.54) is 54.7 Å². The molecule has 0 bridgehead atoms. The van der Waals surface area contributed by atoms with Crippen LogP contribution < -0.4 is 0 Å². The van der Waals surface area contributed by atoms with Gasteiger partial charge in [0.2, 0.25) is 0 Å². The number of hydrogen-bond donors (Lipinski definition) is 0. The second-order valence-corrected chi connectivity index (χ2v) is 16.9. The molecule has 1 aliphatic carbocycles. The van der Waals surface area contributed by atoms with Crippen molar-refractivity contribution in [2.75, 3.05) is 0 Å². The van der Waals surface area contributed by atoms with Gasteiger partial charge in [-0.3, -0.25) is 0 Å². The van der Waals surface area contributed by atoms with Crippen LogP contribution in [0.1, 0.15) is 18.2 Å². The van der Waals surface area contributed by atoms with E-state index in [0.29, 0.717) is 23.4 Å². The molecule has 0 spiro atoms. The zero-order valence-corrected chi connectivity index (χ0v) is 35.1. The van der Waals surface area contributed by atoms with Crippen LogP contribution in [0.5, 0.6) is 0 Å². The predicted molar refractivity (Wildman–Crippen MR) is 264 cm³/mol. The fourth-order valence-electron chi connectivity index (χ4n) is 10.2. The van der Waals surface area contributed by atoms with E-state index in [-0.39, 0.29) is 0 Å². The molecular weight excluding hydrogens is 781 g/mol. The molecule has 302 valence electrons. The Morgan fingerprint density at radius 3 is 1.44 bits per heavy atom. The predicted octanol–water partition coefficient (Wildman–Crippen LogP) is 14.2. The average molecular weight is 821 g/mol. The number of para-hydroxylation sites is 4. The molecule has 0 amide bonds. The van der Waals surface area contributed by atoms with Gasteiger partial charge >= 0.3 is 0 Å². The number of aromatic nitrogens is 6. The topological polar surface area (TPSA) is 53.5 Å². The summed E-state index contributed by atoms with van der Waals surface area (Å²) in [4.78, 5) is 15.7. The van der Waals surface area contributed by atoms with Gasteiger partial charge in [0, 0.05) is 71.9 Å². The Bertz CT molecular complexity index is 3710. The van der Waals surface area contributed by atoms with Gasteiger partial charge in [0.25, 0.3) is 0 Å². The van der Waals surface area contributed by atoms with E-state index < -0.39 is 0 Å². The Labute approximate surface area is 369 Å². The summed E-state index contributed by atoms with van der Waals surface area (Å²) in [5.41, 5.74) is 14.3. The molecule has 0 aliphatic heterocycles. The van der Waals surface area contributed by atoms with Crippen LogP contribution in [0, 0.1) is 5.92 Å². The molecule has 64 heavy (non-hydrogen) atoms. The van der Waals surface area contributed by atoms with Gasteiger partial charge in [-0.15, -0.1) is 0 Å². The second kappa shape index (κ2) is 14.4. The summed E-state index contributed by atoms with van der Waals surface area (Å²) in [6.45, 7) is 2.32. The second-order valence-electron chi connectivity index (χ2n) is 16.9. The third kappa shape index (κ3) is 5.62. The standard InChI is InChI=1S/C58H40N6/c1-37-29-30-47-49-32-31-48-46-25-13-16-28-52(46)63(41-21-9-4-10-22-41)54(48)55(49)64(53(47)33-37)43-35-40(34-42(36-43)62-50-26-14-11-23-44(50)45-24-12-15-27-51(45)62)58-60-56(38-17-5-2-6-18-38)59-57(61-58)39-19-7-3-8-20-39/h2-32,34-37H,33H2,1H3. The van der Waals surface area contributed by atoms with Gasteiger partial charge in [0.1, 0.15) is 0 Å². The van der Waals surface area contributed by atoms with Crippen molar-refractivity contribution in [3.05, 3.63) is 211 Å². The molecular formula is C58H40N6. The van der Waals surface area contributed by atoms with E-state index in [9.17, 15) is 0 Å². The van der Waals surface area contributed by atoms with Crippen molar-refractivity contribution in [3.8, 4) is 51.2 Å². The molecule has 0 fully saturated rings. The summed E-state index contributed by atoms with van der Waals surface area (Å²) in [6, 6.07) is 69.1. The van der Waals surface area contributed by atoms with Crippen LogP contribution in [0.3, 0.4) is 0 Å². The van der Waals surface area contributed by atoms with Crippen LogP contribution in [0.4, 0.5) is 0 Å². The van der Waals surface area contributed by atoms with E-state index in [4.69, 9.17) is 15.0 Å². The summed E-state index contributed by atoms with van der Waals surface area (Å²) in [6.07, 6.45) is 5.61. The van der Waals surface area contributed by atoms with Crippen LogP contribution >= 0.6 is 0 Å². The largest absolute Gasteiger partial charge is 0.311 e. The minimum Gasteiger partial charge on any atom is -0.311 e. The number of nitrogens with zero attached hydrogens (tertiary/aromatic N) is 6. The van der Waals surface area contributed by atoms with Crippen molar-refractivity contribution in [2.24, 2.45) is 5.92 Å². The summed E-state index contributed by atoms with van der Waals surface area (Å²) in [5, 5.41) is 6.09. The lowest BCUT2D eigenvalue weighted by atomic mass is 9.94. The molecule has 0 saturated carbocycles. The zero-order chi connectivity index (χ0) is 42.3. The van der Waals surface area contributed by atoms with Crippen LogP contribution in [0.25, 0.3) is 112 Å². The summed E-state index contributed by atoms with van der Waals surface area (Å²) >= 11 is 0. The Balaban J connectivity index is 1.18. The zero-order valence-electron chi connectivity index (χ0n) is 35.1. The number of rotatable bonds is 6. The van der Waals surface area contributed by atoms with Gasteiger partial charge in [-0.1, -0.05) is 165 Å². The lowest BCUT2D eigenvalue weighted by Crippen LogP contribution is -2.10. The van der Waals surface area contributed by atoms with Crippen molar-refractivity contribution in [1.82, 2.24) is 28.7 Å². The highest BCUT2D eigenvalue weighted by molar-refractivity contribution is 6.19. The SMILES string of the molecule is CC1C=Cc2c(n(-c3cc(-c4nc(-c5ccccc5)nc(-c5ccccc5)n4)cc(-n4c5ccccc5c5ccccc54)c3)c3c2ccc2c4ccccc4n(-c4ccccc4)c23)C1. The third-order valence-corrected chi connectivity index (χ3v) is 13.0. The highest BCUT2D eigenvalue weighted by atomic mass is 15.1. The maximum Gasteiger partial charge on any atom is 0.164 e. The van der Waals surface area contributed by atoms with Crippen molar-refractivity contribution >= 4 is 60.6 Å². The first-order chi connectivity index (χ1) is 31.7. The van der Waals surface area contributed by atoms with E-state index in [1.54, 1.807) is 0 Å². The molecule has 4 heterocycles. The Morgan fingerprint density at radius 2 is 0.844 bits per heavy atom. The lowest BCUT2D eigenvalue weighted by molar-refractivity contribution is 0.690. The van der Waals surface area contributed by atoms with Gasteiger partial charge < -0.3 is 13.7 Å². The van der Waals surface area contributed by atoms with Crippen molar-refractivity contribution in [1.29, 1.82) is 0 Å². The van der Waals surface area contributed by atoms with Gasteiger partial charge in [0.05, 0.1) is 27.6 Å². The van der Waals surface area contributed by atoms with Crippen LogP contribution in [0.2, 0.25) is 0 Å². The number of allylic oxidation sites excluding steroid dienone is 1. The maximum atomic E-state index is 5.31. The molecule has 6 heteroatoms. The van der Waals surface area contributed by atoms with E-state index in [1.807, 2.05) is 36.4 Å². The van der Waals surface area contributed by atoms with Crippen LogP contribution in [-0.2, 0) is 6.42 Å². The summed E-state index contributed by atoms with van der Waals surface area (Å²) in [7, 11) is 0. The van der Waals surface area contributed by atoms with Gasteiger partial charge in [-0.2, -0.15) is 0 Å². The molecule has 0 N–H and O–H groups in total. The summed E-state index contributed by atoms with van der Waals surface area (Å²) < 4.78 is 7.43. The van der Waals surface area contributed by atoms with Crippen molar-refractivity contribution < 1.29 is 0 Å². The first-order valence-electron chi connectivity index (χ1n) is 22.0. The minimum absolute atomic E-state index is 0.358. The molecule has 4 aromatic heterocycles. The molecule has 8 aromatic carbocycles. The number of benzene rings is 8. The first kappa shape index (κ1) is 36.3. The average Bonchev–Trinajstić information content (AvgIpc) is 4.00. The monoisotopic (exact) mass is 820 g/mol. The van der Waals surface area contributed by atoms with Gasteiger partial charge in [-0.05, 0) is 60.9 Å². The third-order valence-electron chi connectivity index (χ3n) is 13.0. The van der Waals surface area contributed by atoms with E-state index >= 15 is 0 Å².